The molecule has 2 bridgehead atoms. The molecular formula is C24H24F2N4O5. The molecule has 1 spiro atoms. The number of carbonyl (C=O) groups excluding carboxylic acids is 2. The smallest absolute Gasteiger partial charge is 0.274 e. The number of hydrogen-bond donors (Lipinski definition) is 2. The Morgan fingerprint density at radius 1 is 1.34 bits per heavy atom. The first-order valence-electron chi connectivity index (χ1n) is 11.3. The minimum atomic E-state index is -1.01. The second-order valence-electron chi connectivity index (χ2n) is 9.26. The van der Waals surface area contributed by atoms with Gasteiger partial charge in [0.25, 0.3) is 11.8 Å². The van der Waals surface area contributed by atoms with Gasteiger partial charge in [0.05, 0.1) is 12.6 Å². The molecule has 3 atom stereocenters. The topological polar surface area (TPSA) is 113 Å². The summed E-state index contributed by atoms with van der Waals surface area (Å²) in [5.41, 5.74) is -2.39. The molecule has 0 saturated carbocycles. The van der Waals surface area contributed by atoms with Crippen molar-refractivity contribution in [2.45, 2.75) is 50.9 Å². The van der Waals surface area contributed by atoms with E-state index < -0.39 is 51.8 Å². The van der Waals surface area contributed by atoms with Gasteiger partial charge < -0.3 is 24.6 Å². The number of aliphatic imine (C=N–C) groups is 1. The summed E-state index contributed by atoms with van der Waals surface area (Å²) in [5.74, 6) is -3.29. The highest BCUT2D eigenvalue weighted by atomic mass is 19.1. The molecule has 3 aliphatic heterocycles. The van der Waals surface area contributed by atoms with Crippen molar-refractivity contribution < 1.29 is 28.2 Å². The van der Waals surface area contributed by atoms with Gasteiger partial charge in [0.15, 0.2) is 22.9 Å². The SMILES string of the molecule is CC1=NCC2(CCC(C)N3CC2n2cc(C(=O)NCc4ccc(F)cc4F)c(=O)c(O)c2C3=O)O1. The van der Waals surface area contributed by atoms with E-state index in [0.717, 1.165) is 6.07 Å². The average Bonchev–Trinajstić information content (AvgIpc) is 3.14. The molecule has 2 amide bonds. The first kappa shape index (κ1) is 23.0. The first-order valence-corrected chi connectivity index (χ1v) is 11.3. The number of aromatic nitrogens is 1. The van der Waals surface area contributed by atoms with Crippen LogP contribution in [0.5, 0.6) is 5.75 Å². The van der Waals surface area contributed by atoms with E-state index in [1.807, 2.05) is 6.92 Å². The number of amides is 2. The molecule has 3 aliphatic rings. The molecule has 3 unspecified atom stereocenters. The van der Waals surface area contributed by atoms with Gasteiger partial charge in [-0.1, -0.05) is 6.07 Å². The van der Waals surface area contributed by atoms with Crippen LogP contribution < -0.4 is 10.7 Å². The maximum Gasteiger partial charge on any atom is 0.274 e. The predicted molar refractivity (Wildman–Crippen MR) is 120 cm³/mol. The number of nitrogens with one attached hydrogen (secondary N) is 1. The summed E-state index contributed by atoms with van der Waals surface area (Å²) < 4.78 is 34.7. The summed E-state index contributed by atoms with van der Waals surface area (Å²) in [6.45, 7) is 3.94. The van der Waals surface area contributed by atoms with Gasteiger partial charge in [-0.15, -0.1) is 0 Å². The van der Waals surface area contributed by atoms with Gasteiger partial charge in [0.2, 0.25) is 5.43 Å². The van der Waals surface area contributed by atoms with Crippen molar-refractivity contribution >= 4 is 17.7 Å². The fourth-order valence-corrected chi connectivity index (χ4v) is 5.15. The maximum absolute atomic E-state index is 14.0. The lowest BCUT2D eigenvalue weighted by Crippen LogP contribution is -2.53. The molecule has 2 aromatic rings. The molecule has 0 aliphatic carbocycles. The van der Waals surface area contributed by atoms with Crippen molar-refractivity contribution in [3.63, 3.8) is 0 Å². The van der Waals surface area contributed by atoms with Crippen molar-refractivity contribution in [3.05, 3.63) is 63.1 Å². The van der Waals surface area contributed by atoms with Crippen LogP contribution in [0, 0.1) is 11.6 Å². The van der Waals surface area contributed by atoms with Crippen LogP contribution in [0.2, 0.25) is 0 Å². The largest absolute Gasteiger partial charge is 0.503 e. The number of benzene rings is 1. The lowest BCUT2D eigenvalue weighted by atomic mass is 9.88. The van der Waals surface area contributed by atoms with Crippen LogP contribution in [0.15, 0.2) is 34.2 Å². The van der Waals surface area contributed by atoms with Crippen molar-refractivity contribution in [1.29, 1.82) is 0 Å². The van der Waals surface area contributed by atoms with Gasteiger partial charge in [-0.05, 0) is 25.8 Å². The number of halogens is 2. The van der Waals surface area contributed by atoms with E-state index in [1.165, 1.54) is 16.8 Å². The minimum Gasteiger partial charge on any atom is -0.503 e. The van der Waals surface area contributed by atoms with Crippen LogP contribution in [-0.4, -0.2) is 57.0 Å². The molecule has 0 radical (unpaired) electrons. The van der Waals surface area contributed by atoms with E-state index in [4.69, 9.17) is 4.74 Å². The van der Waals surface area contributed by atoms with Crippen molar-refractivity contribution in [1.82, 2.24) is 14.8 Å². The quantitative estimate of drug-likeness (QED) is 0.690. The zero-order chi connectivity index (χ0) is 25.1. The molecule has 1 aromatic carbocycles. The summed E-state index contributed by atoms with van der Waals surface area (Å²) >= 11 is 0. The summed E-state index contributed by atoms with van der Waals surface area (Å²) in [7, 11) is 0. The zero-order valence-corrected chi connectivity index (χ0v) is 19.2. The van der Waals surface area contributed by atoms with Crippen LogP contribution in [0.4, 0.5) is 8.78 Å². The highest BCUT2D eigenvalue weighted by Gasteiger charge is 2.53. The normalized spacial score (nSPS) is 25.1. The summed E-state index contributed by atoms with van der Waals surface area (Å²) in [4.78, 5) is 45.1. The minimum absolute atomic E-state index is 0.0246. The van der Waals surface area contributed by atoms with E-state index >= 15 is 0 Å². The number of fused-ring (bicyclic) bond motifs is 5. The number of pyridine rings is 1. The average molecular weight is 486 g/mol. The van der Waals surface area contributed by atoms with Crippen LogP contribution in [0.1, 0.15) is 59.1 Å². The predicted octanol–water partition coefficient (Wildman–Crippen LogP) is 2.13. The third-order valence-electron chi connectivity index (χ3n) is 7.12. The lowest BCUT2D eigenvalue weighted by molar-refractivity contribution is 0.0103. The number of hydrogen-bond acceptors (Lipinski definition) is 6. The van der Waals surface area contributed by atoms with E-state index in [0.29, 0.717) is 31.4 Å². The zero-order valence-electron chi connectivity index (χ0n) is 19.2. The van der Waals surface area contributed by atoms with Gasteiger partial charge in [-0.2, -0.15) is 0 Å². The third kappa shape index (κ3) is 3.65. The van der Waals surface area contributed by atoms with Crippen LogP contribution >= 0.6 is 0 Å². The summed E-state index contributed by atoms with van der Waals surface area (Å²) in [5, 5.41) is 13.2. The Labute approximate surface area is 199 Å². The molecule has 9 nitrogen and oxygen atoms in total. The number of aromatic hydroxyl groups is 1. The molecule has 2 N–H and O–H groups in total. The van der Waals surface area contributed by atoms with Crippen molar-refractivity contribution in [2.24, 2.45) is 4.99 Å². The second-order valence-corrected chi connectivity index (χ2v) is 9.26. The molecule has 35 heavy (non-hydrogen) atoms. The number of nitrogens with zero attached hydrogens (tertiary/aromatic N) is 3. The second kappa shape index (κ2) is 8.17. The Kier molecular flexibility index (Phi) is 5.37. The Morgan fingerprint density at radius 3 is 2.80 bits per heavy atom. The molecule has 1 fully saturated rings. The fourth-order valence-electron chi connectivity index (χ4n) is 5.15. The van der Waals surface area contributed by atoms with Crippen LogP contribution in [0.25, 0.3) is 0 Å². The highest BCUT2D eigenvalue weighted by molar-refractivity contribution is 5.99. The number of rotatable bonds is 3. The summed E-state index contributed by atoms with van der Waals surface area (Å²) in [6, 6.07) is 2.28. The first-order chi connectivity index (χ1) is 16.6. The molecule has 11 heteroatoms. The maximum atomic E-state index is 14.0. The van der Waals surface area contributed by atoms with Crippen LogP contribution in [-0.2, 0) is 11.3 Å². The molecule has 5 rings (SSSR count). The number of carbonyl (C=O) groups is 2. The van der Waals surface area contributed by atoms with Gasteiger partial charge in [0.1, 0.15) is 17.2 Å². The fraction of sp³-hybridized carbons (Fsp3) is 0.417. The van der Waals surface area contributed by atoms with E-state index in [9.17, 15) is 28.3 Å². The van der Waals surface area contributed by atoms with Gasteiger partial charge in [0, 0.05) is 43.9 Å². The number of ether oxygens (including phenoxy) is 1. The van der Waals surface area contributed by atoms with Crippen molar-refractivity contribution in [3.8, 4) is 5.75 Å². The lowest BCUT2D eigenvalue weighted by Gasteiger charge is -2.42. The third-order valence-corrected chi connectivity index (χ3v) is 7.12. The molecule has 1 aromatic heterocycles. The molecule has 4 heterocycles. The van der Waals surface area contributed by atoms with Gasteiger partial charge in [-0.3, -0.25) is 19.4 Å². The van der Waals surface area contributed by atoms with Crippen molar-refractivity contribution in [2.75, 3.05) is 13.1 Å². The van der Waals surface area contributed by atoms with E-state index in [2.05, 4.69) is 10.3 Å². The van der Waals surface area contributed by atoms with Gasteiger partial charge in [-0.25, -0.2) is 8.78 Å². The van der Waals surface area contributed by atoms with E-state index in [-0.39, 0.29) is 30.4 Å². The molecule has 1 saturated heterocycles. The Morgan fingerprint density at radius 2 is 2.11 bits per heavy atom. The summed E-state index contributed by atoms with van der Waals surface area (Å²) in [6.07, 6.45) is 2.48. The van der Waals surface area contributed by atoms with Crippen LogP contribution in [0.3, 0.4) is 0 Å². The standard InChI is InChI=1S/C24H24F2N4O5/c1-12-5-6-24(11-28-13(2)35-24)18-10-29(12)23(34)19-21(32)20(31)16(9-30(18)19)22(33)27-8-14-3-4-15(25)7-17(14)26/h3-4,7,9,12,18,32H,5-6,8,10-11H2,1-2H3,(H,27,33). The highest BCUT2D eigenvalue weighted by Crippen LogP contribution is 2.44. The monoisotopic (exact) mass is 486 g/mol. The van der Waals surface area contributed by atoms with E-state index in [1.54, 1.807) is 11.8 Å². The molecular weight excluding hydrogens is 462 g/mol. The molecule has 184 valence electrons. The Hall–Kier alpha value is -3.76. The Bertz CT molecular complexity index is 1340. The Balaban J connectivity index is 1.55. The van der Waals surface area contributed by atoms with Gasteiger partial charge >= 0.3 is 0 Å².